The summed E-state index contributed by atoms with van der Waals surface area (Å²) in [6.07, 6.45) is -1.90. The average Bonchev–Trinajstić information content (AvgIpc) is 3.19. The van der Waals surface area contributed by atoms with Gasteiger partial charge >= 0.3 is 6.18 Å². The van der Waals surface area contributed by atoms with Crippen LogP contribution in [0.2, 0.25) is 0 Å². The summed E-state index contributed by atoms with van der Waals surface area (Å²) in [5, 5.41) is 7.92. The summed E-state index contributed by atoms with van der Waals surface area (Å²) < 4.78 is 66.2. The molecule has 0 aliphatic carbocycles. The zero-order valence-corrected chi connectivity index (χ0v) is 17.1. The van der Waals surface area contributed by atoms with Crippen molar-refractivity contribution < 1.29 is 21.6 Å². The first-order valence-electron chi connectivity index (χ1n) is 9.31. The predicted molar refractivity (Wildman–Crippen MR) is 101 cm³/mol. The second-order valence-electron chi connectivity index (χ2n) is 7.31. The molecule has 1 aliphatic heterocycles. The van der Waals surface area contributed by atoms with Crippen LogP contribution in [0.1, 0.15) is 30.2 Å². The number of aromatic nitrogens is 3. The molecule has 1 aromatic carbocycles. The van der Waals surface area contributed by atoms with Crippen molar-refractivity contribution in [3.05, 3.63) is 47.3 Å². The molecule has 0 radical (unpaired) electrons. The van der Waals surface area contributed by atoms with Gasteiger partial charge in [0.1, 0.15) is 0 Å². The molecule has 7 nitrogen and oxygen atoms in total. The lowest BCUT2D eigenvalue weighted by atomic mass is 10.1. The topological polar surface area (TPSA) is 71.3 Å². The van der Waals surface area contributed by atoms with Crippen molar-refractivity contribution in [1.82, 2.24) is 24.2 Å². The Morgan fingerprint density at radius 1 is 1.28 bits per heavy atom. The van der Waals surface area contributed by atoms with Gasteiger partial charge in [0.25, 0.3) is 0 Å². The van der Waals surface area contributed by atoms with E-state index in [1.807, 2.05) is 18.9 Å². The Balaban J connectivity index is 1.66. The standard InChI is InChI=1S/C18H24F3N5O2S/c1-3-7-24(2)17-12-26(29(27,28)13-17)11-16-10-25(23-22-16)9-14-5-4-6-15(8-14)18(19,20)21/h4-6,8,10,17H,3,7,9,11-13H2,1-2H3. The molecule has 1 aliphatic rings. The van der Waals surface area contributed by atoms with Gasteiger partial charge in [0.2, 0.25) is 10.0 Å². The molecule has 0 N–H and O–H groups in total. The summed E-state index contributed by atoms with van der Waals surface area (Å²) in [4.78, 5) is 2.04. The SMILES string of the molecule is CCCN(C)C1CN(Cc2cn(Cc3cccc(C(F)(F)F)c3)nn2)S(=O)(=O)C1. The first kappa shape index (κ1) is 21.7. The smallest absolute Gasteiger partial charge is 0.301 e. The zero-order valence-electron chi connectivity index (χ0n) is 16.3. The van der Waals surface area contributed by atoms with Crippen LogP contribution in [0.5, 0.6) is 0 Å². The lowest BCUT2D eigenvalue weighted by molar-refractivity contribution is -0.137. The normalized spacial score (nSPS) is 19.9. The number of nitrogens with zero attached hydrogens (tertiary/aromatic N) is 5. The molecule has 3 rings (SSSR count). The van der Waals surface area contributed by atoms with Crippen LogP contribution in [-0.4, -0.2) is 64.5 Å². The highest BCUT2D eigenvalue weighted by atomic mass is 32.2. The summed E-state index contributed by atoms with van der Waals surface area (Å²) in [5.41, 5.74) is 0.173. The molecule has 11 heteroatoms. The number of sulfonamides is 1. The molecule has 1 fully saturated rings. The summed E-state index contributed by atoms with van der Waals surface area (Å²) in [6.45, 7) is 3.47. The molecule has 0 bridgehead atoms. The van der Waals surface area contributed by atoms with Gasteiger partial charge in [-0.1, -0.05) is 24.3 Å². The minimum absolute atomic E-state index is 0.0693. The Kier molecular flexibility index (Phi) is 6.30. The Morgan fingerprint density at radius 3 is 2.72 bits per heavy atom. The maximum Gasteiger partial charge on any atom is 0.416 e. The van der Waals surface area contributed by atoms with E-state index >= 15 is 0 Å². The molecule has 2 heterocycles. The molecule has 29 heavy (non-hydrogen) atoms. The van der Waals surface area contributed by atoms with Gasteiger partial charge in [0.05, 0.1) is 36.3 Å². The fraction of sp³-hybridized carbons (Fsp3) is 0.556. The van der Waals surface area contributed by atoms with Crippen molar-refractivity contribution in [2.24, 2.45) is 0 Å². The Hall–Kier alpha value is -1.98. The van der Waals surface area contributed by atoms with Gasteiger partial charge in [-0.25, -0.2) is 13.1 Å². The fourth-order valence-corrected chi connectivity index (χ4v) is 5.20. The molecule has 0 amide bonds. The van der Waals surface area contributed by atoms with Crippen LogP contribution in [0.3, 0.4) is 0 Å². The summed E-state index contributed by atoms with van der Waals surface area (Å²) in [6, 6.07) is 4.94. The van der Waals surface area contributed by atoms with E-state index < -0.39 is 21.8 Å². The van der Waals surface area contributed by atoms with Gasteiger partial charge < -0.3 is 4.90 Å². The number of benzene rings is 1. The molecule has 160 valence electrons. The van der Waals surface area contributed by atoms with Crippen LogP contribution in [0.15, 0.2) is 30.5 Å². The highest BCUT2D eigenvalue weighted by Gasteiger charge is 2.38. The van der Waals surface area contributed by atoms with Crippen LogP contribution >= 0.6 is 0 Å². The fourth-order valence-electron chi connectivity index (χ4n) is 3.42. The number of halogens is 3. The highest BCUT2D eigenvalue weighted by molar-refractivity contribution is 7.89. The van der Waals surface area contributed by atoms with Crippen molar-refractivity contribution >= 4 is 10.0 Å². The lowest BCUT2D eigenvalue weighted by Crippen LogP contribution is -2.36. The molecule has 1 atom stereocenters. The van der Waals surface area contributed by atoms with E-state index in [-0.39, 0.29) is 24.9 Å². The molecule has 0 spiro atoms. The first-order valence-corrected chi connectivity index (χ1v) is 10.9. The van der Waals surface area contributed by atoms with E-state index in [1.54, 1.807) is 12.3 Å². The van der Waals surface area contributed by atoms with Gasteiger partial charge in [-0.3, -0.25) is 0 Å². The van der Waals surface area contributed by atoms with Crippen molar-refractivity contribution in [2.45, 2.75) is 38.7 Å². The second kappa shape index (κ2) is 8.41. The predicted octanol–water partition coefficient (Wildman–Crippen LogP) is 2.20. The van der Waals surface area contributed by atoms with Gasteiger partial charge in [0, 0.05) is 12.6 Å². The second-order valence-corrected chi connectivity index (χ2v) is 9.32. The van der Waals surface area contributed by atoms with Gasteiger partial charge in [0.15, 0.2) is 0 Å². The molecule has 1 unspecified atom stereocenters. The van der Waals surface area contributed by atoms with Crippen molar-refractivity contribution in [3.63, 3.8) is 0 Å². The maximum atomic E-state index is 12.8. The number of hydrogen-bond donors (Lipinski definition) is 0. The number of hydrogen-bond acceptors (Lipinski definition) is 5. The Bertz CT molecular complexity index is 945. The van der Waals surface area contributed by atoms with Crippen LogP contribution in [0.4, 0.5) is 13.2 Å². The van der Waals surface area contributed by atoms with Crippen LogP contribution in [-0.2, 0) is 29.3 Å². The maximum absolute atomic E-state index is 12.8. The molecular weight excluding hydrogens is 407 g/mol. The van der Waals surface area contributed by atoms with E-state index in [9.17, 15) is 21.6 Å². The van der Waals surface area contributed by atoms with Crippen LogP contribution < -0.4 is 0 Å². The van der Waals surface area contributed by atoms with Gasteiger partial charge in [-0.2, -0.15) is 17.5 Å². The molecule has 1 aromatic heterocycles. The average molecular weight is 431 g/mol. The number of alkyl halides is 3. The van der Waals surface area contributed by atoms with Crippen LogP contribution in [0.25, 0.3) is 0 Å². The molecular formula is C18H24F3N5O2S. The van der Waals surface area contributed by atoms with Crippen molar-refractivity contribution in [1.29, 1.82) is 0 Å². The number of rotatable bonds is 7. The Labute approximate surface area is 168 Å². The zero-order chi connectivity index (χ0) is 21.2. The minimum atomic E-state index is -4.41. The van der Waals surface area contributed by atoms with Gasteiger partial charge in [-0.15, -0.1) is 5.10 Å². The third kappa shape index (κ3) is 5.34. The van der Waals surface area contributed by atoms with E-state index in [2.05, 4.69) is 10.3 Å². The third-order valence-electron chi connectivity index (χ3n) is 4.93. The third-order valence-corrected chi connectivity index (χ3v) is 6.80. The van der Waals surface area contributed by atoms with Crippen LogP contribution in [0, 0.1) is 0 Å². The van der Waals surface area contributed by atoms with Gasteiger partial charge in [-0.05, 0) is 37.7 Å². The summed E-state index contributed by atoms with van der Waals surface area (Å²) in [5.74, 6) is 0.0713. The van der Waals surface area contributed by atoms with E-state index in [1.165, 1.54) is 15.1 Å². The monoisotopic (exact) mass is 431 g/mol. The number of likely N-dealkylation sites (N-methyl/N-ethyl adjacent to an activating group) is 1. The quantitative estimate of drug-likeness (QED) is 0.672. The molecule has 2 aromatic rings. The first-order chi connectivity index (χ1) is 13.6. The van der Waals surface area contributed by atoms with E-state index in [4.69, 9.17) is 0 Å². The molecule has 1 saturated heterocycles. The lowest BCUT2D eigenvalue weighted by Gasteiger charge is -2.22. The largest absolute Gasteiger partial charge is 0.416 e. The highest BCUT2D eigenvalue weighted by Crippen LogP contribution is 2.29. The summed E-state index contributed by atoms with van der Waals surface area (Å²) in [7, 11) is -1.46. The van der Waals surface area contributed by atoms with E-state index in [0.29, 0.717) is 17.8 Å². The molecule has 0 saturated carbocycles. The Morgan fingerprint density at radius 2 is 2.03 bits per heavy atom. The van der Waals surface area contributed by atoms with Crippen molar-refractivity contribution in [3.8, 4) is 0 Å². The summed E-state index contributed by atoms with van der Waals surface area (Å²) >= 11 is 0. The van der Waals surface area contributed by atoms with E-state index in [0.717, 1.165) is 25.1 Å². The minimum Gasteiger partial charge on any atom is -0.301 e. The van der Waals surface area contributed by atoms with Crippen molar-refractivity contribution in [2.75, 3.05) is 25.9 Å².